The Morgan fingerprint density at radius 1 is 0.806 bits per heavy atom. The van der Waals surface area contributed by atoms with Crippen molar-refractivity contribution in [3.8, 4) is 0 Å². The fourth-order valence-corrected chi connectivity index (χ4v) is 3.90. The SMILES string of the molecule is O=C(NCCNC(=O)c1ccccc1CSc1nc2ccccc2o1)c1ccccc1. The van der Waals surface area contributed by atoms with Crippen LogP contribution in [-0.2, 0) is 5.75 Å². The van der Waals surface area contributed by atoms with E-state index in [1.807, 2.05) is 60.7 Å². The maximum atomic E-state index is 12.7. The van der Waals surface area contributed by atoms with Crippen molar-refractivity contribution in [2.45, 2.75) is 11.0 Å². The molecule has 0 atom stereocenters. The molecule has 156 valence electrons. The molecule has 0 fully saturated rings. The van der Waals surface area contributed by atoms with E-state index in [4.69, 9.17) is 4.42 Å². The second-order valence-corrected chi connectivity index (χ2v) is 7.70. The number of oxazole rings is 1. The number of thioether (sulfide) groups is 1. The summed E-state index contributed by atoms with van der Waals surface area (Å²) < 4.78 is 5.74. The van der Waals surface area contributed by atoms with Crippen LogP contribution in [0.15, 0.2) is 88.5 Å². The molecule has 4 rings (SSSR count). The minimum atomic E-state index is -0.178. The van der Waals surface area contributed by atoms with Crippen molar-refractivity contribution in [2.75, 3.05) is 13.1 Å². The summed E-state index contributed by atoms with van der Waals surface area (Å²) in [6.45, 7) is 0.684. The Hall–Kier alpha value is -3.58. The molecule has 3 aromatic carbocycles. The highest BCUT2D eigenvalue weighted by molar-refractivity contribution is 7.98. The number of nitrogens with zero attached hydrogens (tertiary/aromatic N) is 1. The highest BCUT2D eigenvalue weighted by Crippen LogP contribution is 2.27. The van der Waals surface area contributed by atoms with Gasteiger partial charge in [-0.2, -0.15) is 0 Å². The predicted octanol–water partition coefficient (Wildman–Crippen LogP) is 4.28. The topological polar surface area (TPSA) is 84.2 Å². The van der Waals surface area contributed by atoms with E-state index in [1.165, 1.54) is 11.8 Å². The zero-order valence-corrected chi connectivity index (χ0v) is 17.5. The van der Waals surface area contributed by atoms with E-state index >= 15 is 0 Å². The van der Waals surface area contributed by atoms with Crippen LogP contribution < -0.4 is 10.6 Å². The Bertz CT molecular complexity index is 1160. The van der Waals surface area contributed by atoms with Gasteiger partial charge in [-0.05, 0) is 35.9 Å². The van der Waals surface area contributed by atoms with Gasteiger partial charge in [0, 0.05) is 30.0 Å². The quantitative estimate of drug-likeness (QED) is 0.321. The van der Waals surface area contributed by atoms with Gasteiger partial charge < -0.3 is 15.1 Å². The number of carbonyl (C=O) groups is 2. The van der Waals surface area contributed by atoms with Gasteiger partial charge in [-0.3, -0.25) is 9.59 Å². The molecule has 0 radical (unpaired) electrons. The average Bonchev–Trinajstić information content (AvgIpc) is 3.24. The number of carbonyl (C=O) groups excluding carboxylic acids is 2. The second-order valence-electron chi connectivity index (χ2n) is 6.77. The van der Waals surface area contributed by atoms with E-state index in [0.29, 0.717) is 35.2 Å². The van der Waals surface area contributed by atoms with E-state index in [-0.39, 0.29) is 11.8 Å². The smallest absolute Gasteiger partial charge is 0.257 e. The fourth-order valence-electron chi connectivity index (χ4n) is 3.06. The van der Waals surface area contributed by atoms with E-state index in [9.17, 15) is 9.59 Å². The third-order valence-corrected chi connectivity index (χ3v) is 5.50. The summed E-state index contributed by atoms with van der Waals surface area (Å²) in [5.74, 6) is 0.217. The Labute approximate surface area is 184 Å². The van der Waals surface area contributed by atoms with Crippen LogP contribution >= 0.6 is 11.8 Å². The van der Waals surface area contributed by atoms with Crippen molar-refractivity contribution in [2.24, 2.45) is 0 Å². The standard InChI is InChI=1S/C24H21N3O3S/c28-22(17-8-2-1-3-9-17)25-14-15-26-23(29)19-11-5-4-10-18(19)16-31-24-27-20-12-6-7-13-21(20)30-24/h1-13H,14-16H2,(H,25,28)(H,26,29). The first-order chi connectivity index (χ1) is 15.2. The summed E-state index contributed by atoms with van der Waals surface area (Å²) in [7, 11) is 0. The lowest BCUT2D eigenvalue weighted by atomic mass is 10.1. The van der Waals surface area contributed by atoms with Crippen LogP contribution in [0.2, 0.25) is 0 Å². The molecule has 2 N–H and O–H groups in total. The van der Waals surface area contributed by atoms with Crippen molar-refractivity contribution in [1.82, 2.24) is 15.6 Å². The normalized spacial score (nSPS) is 10.7. The van der Waals surface area contributed by atoms with Gasteiger partial charge in [-0.1, -0.05) is 60.3 Å². The number of amides is 2. The fraction of sp³-hybridized carbons (Fsp3) is 0.125. The number of benzene rings is 3. The molecule has 1 aromatic heterocycles. The summed E-state index contributed by atoms with van der Waals surface area (Å²) in [5.41, 5.74) is 3.64. The monoisotopic (exact) mass is 431 g/mol. The maximum Gasteiger partial charge on any atom is 0.257 e. The zero-order valence-electron chi connectivity index (χ0n) is 16.7. The van der Waals surface area contributed by atoms with Crippen LogP contribution in [0.1, 0.15) is 26.3 Å². The predicted molar refractivity (Wildman–Crippen MR) is 121 cm³/mol. The number of aromatic nitrogens is 1. The number of fused-ring (bicyclic) bond motifs is 1. The Morgan fingerprint density at radius 2 is 1.48 bits per heavy atom. The summed E-state index contributed by atoms with van der Waals surface area (Å²) >= 11 is 1.45. The van der Waals surface area contributed by atoms with E-state index in [1.54, 1.807) is 18.2 Å². The van der Waals surface area contributed by atoms with Gasteiger partial charge in [0.1, 0.15) is 5.52 Å². The first-order valence-electron chi connectivity index (χ1n) is 9.88. The molecule has 0 unspecified atom stereocenters. The van der Waals surface area contributed by atoms with Crippen molar-refractivity contribution in [1.29, 1.82) is 0 Å². The van der Waals surface area contributed by atoms with Gasteiger partial charge in [-0.15, -0.1) is 0 Å². The molecule has 6 nitrogen and oxygen atoms in total. The molecule has 0 aliphatic carbocycles. The molecule has 7 heteroatoms. The van der Waals surface area contributed by atoms with Crippen LogP contribution in [0, 0.1) is 0 Å². The average molecular weight is 432 g/mol. The molecule has 0 bridgehead atoms. The third kappa shape index (κ3) is 5.32. The minimum absolute atomic E-state index is 0.162. The van der Waals surface area contributed by atoms with Crippen molar-refractivity contribution < 1.29 is 14.0 Å². The lowest BCUT2D eigenvalue weighted by Gasteiger charge is -2.10. The molecule has 0 saturated carbocycles. The summed E-state index contributed by atoms with van der Waals surface area (Å²) in [5, 5.41) is 6.23. The Balaban J connectivity index is 1.31. The number of nitrogens with one attached hydrogen (secondary N) is 2. The summed E-state index contributed by atoms with van der Waals surface area (Å²) in [6.07, 6.45) is 0. The molecule has 1 heterocycles. The molecular weight excluding hydrogens is 410 g/mol. The number of rotatable bonds is 8. The van der Waals surface area contributed by atoms with Crippen molar-refractivity contribution in [3.63, 3.8) is 0 Å². The van der Waals surface area contributed by atoms with E-state index in [0.717, 1.165) is 16.7 Å². The first kappa shape index (κ1) is 20.7. The molecular formula is C24H21N3O3S. The largest absolute Gasteiger partial charge is 0.431 e. The van der Waals surface area contributed by atoms with Crippen molar-refractivity contribution >= 4 is 34.7 Å². The van der Waals surface area contributed by atoms with Crippen molar-refractivity contribution in [3.05, 3.63) is 95.6 Å². The second kappa shape index (κ2) is 9.95. The molecule has 0 saturated heterocycles. The molecule has 0 aliphatic heterocycles. The van der Waals surface area contributed by atoms with Crippen LogP contribution in [0.3, 0.4) is 0 Å². The lowest BCUT2D eigenvalue weighted by molar-refractivity contribution is 0.0927. The summed E-state index contributed by atoms with van der Waals surface area (Å²) in [4.78, 5) is 29.2. The van der Waals surface area contributed by atoms with Crippen LogP contribution in [0.5, 0.6) is 0 Å². The molecule has 0 aliphatic rings. The minimum Gasteiger partial charge on any atom is -0.431 e. The van der Waals surface area contributed by atoms with Gasteiger partial charge in [-0.25, -0.2) is 4.98 Å². The highest BCUT2D eigenvalue weighted by Gasteiger charge is 2.13. The zero-order chi connectivity index (χ0) is 21.5. The lowest BCUT2D eigenvalue weighted by Crippen LogP contribution is -2.35. The van der Waals surface area contributed by atoms with Gasteiger partial charge in [0.05, 0.1) is 0 Å². The number of para-hydroxylation sites is 2. The molecule has 0 spiro atoms. The Kier molecular flexibility index (Phi) is 6.64. The van der Waals surface area contributed by atoms with Crippen LogP contribution in [0.25, 0.3) is 11.1 Å². The van der Waals surface area contributed by atoms with Crippen LogP contribution in [-0.4, -0.2) is 29.9 Å². The first-order valence-corrected chi connectivity index (χ1v) is 10.9. The van der Waals surface area contributed by atoms with E-state index < -0.39 is 0 Å². The maximum absolute atomic E-state index is 12.7. The molecule has 31 heavy (non-hydrogen) atoms. The van der Waals surface area contributed by atoms with Gasteiger partial charge in [0.2, 0.25) is 0 Å². The van der Waals surface area contributed by atoms with Crippen LogP contribution in [0.4, 0.5) is 0 Å². The van der Waals surface area contributed by atoms with Gasteiger partial charge in [0.25, 0.3) is 17.0 Å². The third-order valence-electron chi connectivity index (χ3n) is 4.62. The van der Waals surface area contributed by atoms with E-state index in [2.05, 4.69) is 15.6 Å². The summed E-state index contributed by atoms with van der Waals surface area (Å²) in [6, 6.07) is 24.0. The Morgan fingerprint density at radius 3 is 2.29 bits per heavy atom. The number of hydrogen-bond donors (Lipinski definition) is 2. The molecule has 2 amide bonds. The van der Waals surface area contributed by atoms with Gasteiger partial charge >= 0.3 is 0 Å². The number of hydrogen-bond acceptors (Lipinski definition) is 5. The van der Waals surface area contributed by atoms with Gasteiger partial charge in [0.15, 0.2) is 5.58 Å². The molecule has 4 aromatic rings. The highest BCUT2D eigenvalue weighted by atomic mass is 32.2.